The Morgan fingerprint density at radius 1 is 1.00 bits per heavy atom. The Labute approximate surface area is 119 Å². The molecule has 0 spiro atoms. The van der Waals surface area contributed by atoms with Gasteiger partial charge in [0.15, 0.2) is 5.75 Å². The van der Waals surface area contributed by atoms with Gasteiger partial charge in [-0.1, -0.05) is 0 Å². The van der Waals surface area contributed by atoms with Gasteiger partial charge in [-0.2, -0.15) is 0 Å². The van der Waals surface area contributed by atoms with Crippen molar-refractivity contribution in [3.05, 3.63) is 61.7 Å². The molecule has 21 heavy (non-hydrogen) atoms. The number of nitro groups is 2. The lowest BCUT2D eigenvalue weighted by Crippen LogP contribution is -1.95. The zero-order chi connectivity index (χ0) is 15.1. The molecule has 0 atom stereocenters. The predicted molar refractivity (Wildman–Crippen MR) is 74.5 cm³/mol. The minimum absolute atomic E-state index is 0.0167. The van der Waals surface area contributed by atoms with Crippen molar-refractivity contribution in [2.24, 2.45) is 0 Å². The molecule has 7 heteroatoms. The van der Waals surface area contributed by atoms with Gasteiger partial charge in [-0.05, 0) is 40.8 Å². The van der Waals surface area contributed by atoms with Crippen LogP contribution in [0.5, 0.6) is 5.75 Å². The molecule has 2 aromatic carbocycles. The molecule has 0 N–H and O–H groups in total. The van der Waals surface area contributed by atoms with Crippen LogP contribution in [0.15, 0.2) is 30.3 Å². The van der Waals surface area contributed by atoms with Gasteiger partial charge in [0, 0.05) is 18.2 Å². The Bertz CT molecular complexity index is 785. The molecule has 0 radical (unpaired) electrons. The summed E-state index contributed by atoms with van der Waals surface area (Å²) < 4.78 is 5.04. The van der Waals surface area contributed by atoms with E-state index in [1.165, 1.54) is 25.3 Å². The van der Waals surface area contributed by atoms with E-state index in [1.807, 2.05) is 0 Å². The first kappa shape index (κ1) is 13.0. The second-order valence-corrected chi connectivity index (χ2v) is 4.71. The van der Waals surface area contributed by atoms with Gasteiger partial charge < -0.3 is 4.74 Å². The first-order valence-electron chi connectivity index (χ1n) is 6.14. The van der Waals surface area contributed by atoms with Crippen LogP contribution >= 0.6 is 0 Å². The summed E-state index contributed by atoms with van der Waals surface area (Å²) in [6.45, 7) is 0. The second-order valence-electron chi connectivity index (χ2n) is 4.71. The maximum absolute atomic E-state index is 11.1. The van der Waals surface area contributed by atoms with E-state index < -0.39 is 9.85 Å². The van der Waals surface area contributed by atoms with Gasteiger partial charge >= 0.3 is 5.69 Å². The average Bonchev–Trinajstić information content (AvgIpc) is 2.81. The van der Waals surface area contributed by atoms with Gasteiger partial charge in [-0.3, -0.25) is 20.2 Å². The first-order chi connectivity index (χ1) is 10.0. The van der Waals surface area contributed by atoms with Crippen LogP contribution in [0.3, 0.4) is 0 Å². The van der Waals surface area contributed by atoms with Gasteiger partial charge in [0.2, 0.25) is 0 Å². The summed E-state index contributed by atoms with van der Waals surface area (Å²) >= 11 is 0. The number of nitrogens with zero attached hydrogens (tertiary/aromatic N) is 2. The third kappa shape index (κ3) is 1.99. The third-order valence-corrected chi connectivity index (χ3v) is 3.57. The lowest BCUT2D eigenvalue weighted by atomic mass is 10.0. The molecule has 7 nitrogen and oxygen atoms in total. The van der Waals surface area contributed by atoms with Crippen molar-refractivity contribution < 1.29 is 14.6 Å². The molecule has 3 rings (SSSR count). The molecule has 1 aliphatic rings. The Kier molecular flexibility index (Phi) is 2.83. The summed E-state index contributed by atoms with van der Waals surface area (Å²) in [4.78, 5) is 20.9. The van der Waals surface area contributed by atoms with Crippen molar-refractivity contribution in [1.82, 2.24) is 0 Å². The van der Waals surface area contributed by atoms with Gasteiger partial charge in [0.25, 0.3) is 5.69 Å². The highest BCUT2D eigenvalue weighted by Crippen LogP contribution is 2.43. The fraction of sp³-hybridized carbons (Fsp3) is 0.143. The van der Waals surface area contributed by atoms with Crippen molar-refractivity contribution in [3.8, 4) is 16.9 Å². The van der Waals surface area contributed by atoms with Gasteiger partial charge in [-0.15, -0.1) is 0 Å². The SMILES string of the molecule is COc1cc2c(cc1[N+](=O)[O-])-c1ccc([N+](=O)[O-])cc1C2. The number of nitro benzene ring substituents is 2. The molecule has 0 bridgehead atoms. The van der Waals surface area contributed by atoms with Crippen molar-refractivity contribution in [2.45, 2.75) is 6.42 Å². The van der Waals surface area contributed by atoms with Crippen LogP contribution in [-0.2, 0) is 6.42 Å². The Morgan fingerprint density at radius 3 is 2.33 bits per heavy atom. The summed E-state index contributed by atoms with van der Waals surface area (Å²) in [6, 6.07) is 7.64. The van der Waals surface area contributed by atoms with E-state index in [0.717, 1.165) is 22.3 Å². The molecular formula is C14H10N2O5. The normalized spacial score (nSPS) is 11.7. The number of ether oxygens (including phenoxy) is 1. The van der Waals surface area contributed by atoms with Gasteiger partial charge in [-0.25, -0.2) is 0 Å². The van der Waals surface area contributed by atoms with Crippen LogP contribution < -0.4 is 4.74 Å². The molecule has 0 unspecified atom stereocenters. The summed E-state index contributed by atoms with van der Waals surface area (Å²) in [5, 5.41) is 21.9. The third-order valence-electron chi connectivity index (χ3n) is 3.57. The van der Waals surface area contributed by atoms with E-state index in [-0.39, 0.29) is 17.1 Å². The highest BCUT2D eigenvalue weighted by atomic mass is 16.6. The topological polar surface area (TPSA) is 95.5 Å². The van der Waals surface area contributed by atoms with Crippen molar-refractivity contribution in [1.29, 1.82) is 0 Å². The van der Waals surface area contributed by atoms with Crippen LogP contribution in [0, 0.1) is 20.2 Å². The molecule has 0 amide bonds. The van der Waals surface area contributed by atoms with E-state index in [4.69, 9.17) is 4.74 Å². The molecule has 1 aliphatic carbocycles. The first-order valence-corrected chi connectivity index (χ1v) is 6.14. The number of rotatable bonds is 3. The Hall–Kier alpha value is -2.96. The van der Waals surface area contributed by atoms with Crippen molar-refractivity contribution in [3.63, 3.8) is 0 Å². The Morgan fingerprint density at radius 2 is 1.71 bits per heavy atom. The molecule has 0 aromatic heterocycles. The summed E-state index contributed by atoms with van der Waals surface area (Å²) in [7, 11) is 1.38. The molecule has 0 heterocycles. The number of benzene rings is 2. The number of hydrogen-bond acceptors (Lipinski definition) is 5. The maximum atomic E-state index is 11.1. The Balaban J connectivity index is 2.17. The molecule has 0 saturated heterocycles. The van der Waals surface area contributed by atoms with Crippen molar-refractivity contribution >= 4 is 11.4 Å². The minimum Gasteiger partial charge on any atom is -0.490 e. The van der Waals surface area contributed by atoms with E-state index in [0.29, 0.717) is 6.42 Å². The van der Waals surface area contributed by atoms with E-state index in [9.17, 15) is 20.2 Å². The number of methoxy groups -OCH3 is 1. The summed E-state index contributed by atoms with van der Waals surface area (Å²) in [5.74, 6) is 0.195. The van der Waals surface area contributed by atoms with Crippen LogP contribution in [0.25, 0.3) is 11.1 Å². The van der Waals surface area contributed by atoms with Crippen molar-refractivity contribution in [2.75, 3.05) is 7.11 Å². The molecular weight excluding hydrogens is 276 g/mol. The summed E-state index contributed by atoms with van der Waals surface area (Å²) in [5.41, 5.74) is 3.09. The number of hydrogen-bond donors (Lipinski definition) is 0. The number of fused-ring (bicyclic) bond motifs is 3. The zero-order valence-electron chi connectivity index (χ0n) is 11.0. The zero-order valence-corrected chi connectivity index (χ0v) is 11.0. The highest BCUT2D eigenvalue weighted by molar-refractivity contribution is 5.81. The largest absolute Gasteiger partial charge is 0.490 e. The van der Waals surface area contributed by atoms with Crippen LogP contribution in [-0.4, -0.2) is 17.0 Å². The van der Waals surface area contributed by atoms with E-state index in [1.54, 1.807) is 12.1 Å². The fourth-order valence-corrected chi connectivity index (χ4v) is 2.62. The second kappa shape index (κ2) is 4.55. The lowest BCUT2D eigenvalue weighted by molar-refractivity contribution is -0.385. The molecule has 0 fully saturated rings. The molecule has 0 aliphatic heterocycles. The summed E-state index contributed by atoms with van der Waals surface area (Å²) in [6.07, 6.45) is 0.501. The van der Waals surface area contributed by atoms with Gasteiger partial charge in [0.05, 0.1) is 17.0 Å². The van der Waals surface area contributed by atoms with E-state index >= 15 is 0 Å². The highest BCUT2D eigenvalue weighted by Gasteiger charge is 2.26. The van der Waals surface area contributed by atoms with Gasteiger partial charge in [0.1, 0.15) is 0 Å². The molecule has 0 saturated carbocycles. The molecule has 106 valence electrons. The standard InChI is InChI=1S/C14H10N2O5/c1-21-14-6-9-4-8-5-10(15(17)18)2-3-11(8)12(9)7-13(14)16(19)20/h2-3,5-7H,4H2,1H3. The number of non-ortho nitro benzene ring substituents is 1. The average molecular weight is 286 g/mol. The minimum atomic E-state index is -0.498. The maximum Gasteiger partial charge on any atom is 0.311 e. The monoisotopic (exact) mass is 286 g/mol. The molecule has 2 aromatic rings. The predicted octanol–water partition coefficient (Wildman–Crippen LogP) is 3.08. The van der Waals surface area contributed by atoms with E-state index in [2.05, 4.69) is 0 Å². The van der Waals surface area contributed by atoms with Crippen LogP contribution in [0.4, 0.5) is 11.4 Å². The fourth-order valence-electron chi connectivity index (χ4n) is 2.62. The van der Waals surface area contributed by atoms with Crippen LogP contribution in [0.2, 0.25) is 0 Å². The van der Waals surface area contributed by atoms with Crippen LogP contribution in [0.1, 0.15) is 11.1 Å². The smallest absolute Gasteiger partial charge is 0.311 e. The quantitative estimate of drug-likeness (QED) is 0.544. The lowest BCUT2D eigenvalue weighted by Gasteiger charge is -2.05.